The largest absolute Gasteiger partial charge is 0.394 e. The van der Waals surface area contributed by atoms with Gasteiger partial charge in [-0.25, -0.2) is 0 Å². The second-order valence-electron chi connectivity index (χ2n) is 5.39. The van der Waals surface area contributed by atoms with Crippen molar-refractivity contribution in [1.29, 1.82) is 5.26 Å². The molecule has 0 bridgehead atoms. The summed E-state index contributed by atoms with van der Waals surface area (Å²) in [5.74, 6) is -0.543. The summed E-state index contributed by atoms with van der Waals surface area (Å²) in [6.07, 6.45) is 0.503. The van der Waals surface area contributed by atoms with Crippen LogP contribution in [0.5, 0.6) is 0 Å². The SMILES string of the molecule is N#Cc1cc([N+](=O)[O-])ccc1[C@@]1(NC(=O)[C@@H](N)CO)CCNC1. The number of rotatable bonds is 5. The van der Waals surface area contributed by atoms with E-state index in [0.29, 0.717) is 25.1 Å². The molecule has 0 radical (unpaired) electrons. The Morgan fingerprint density at radius 1 is 1.65 bits per heavy atom. The third kappa shape index (κ3) is 3.29. The van der Waals surface area contributed by atoms with Gasteiger partial charge in [-0.15, -0.1) is 0 Å². The van der Waals surface area contributed by atoms with Crippen molar-refractivity contribution in [3.05, 3.63) is 39.4 Å². The van der Waals surface area contributed by atoms with E-state index in [-0.39, 0.29) is 11.3 Å². The van der Waals surface area contributed by atoms with Crippen LogP contribution in [0.1, 0.15) is 17.5 Å². The number of carbonyl (C=O) groups excluding carboxylic acids is 1. The van der Waals surface area contributed by atoms with Crippen molar-refractivity contribution >= 4 is 11.6 Å². The van der Waals surface area contributed by atoms with E-state index in [2.05, 4.69) is 10.6 Å². The van der Waals surface area contributed by atoms with Crippen LogP contribution in [0.15, 0.2) is 18.2 Å². The topological polar surface area (TPSA) is 154 Å². The molecule has 2 rings (SSSR count). The third-order valence-corrected chi connectivity index (χ3v) is 3.90. The highest BCUT2D eigenvalue weighted by Crippen LogP contribution is 2.32. The number of non-ortho nitro benzene ring substituents is 1. The summed E-state index contributed by atoms with van der Waals surface area (Å²) in [7, 11) is 0. The van der Waals surface area contributed by atoms with Gasteiger partial charge in [0.15, 0.2) is 0 Å². The van der Waals surface area contributed by atoms with Gasteiger partial charge in [0.25, 0.3) is 5.69 Å². The third-order valence-electron chi connectivity index (χ3n) is 3.90. The molecule has 9 nitrogen and oxygen atoms in total. The molecule has 0 unspecified atom stereocenters. The highest BCUT2D eigenvalue weighted by Gasteiger charge is 2.40. The van der Waals surface area contributed by atoms with Crippen LogP contribution in [0.4, 0.5) is 5.69 Å². The molecule has 1 saturated heterocycles. The molecule has 1 aliphatic heterocycles. The first-order valence-corrected chi connectivity index (χ1v) is 7.02. The number of nitrogens with one attached hydrogen (secondary N) is 2. The molecule has 1 aromatic carbocycles. The van der Waals surface area contributed by atoms with E-state index in [0.717, 1.165) is 0 Å². The fourth-order valence-electron chi connectivity index (χ4n) is 2.66. The normalized spacial score (nSPS) is 21.4. The van der Waals surface area contributed by atoms with Crippen LogP contribution >= 0.6 is 0 Å². The number of hydrogen-bond acceptors (Lipinski definition) is 7. The molecule has 122 valence electrons. The lowest BCUT2D eigenvalue weighted by Gasteiger charge is -2.32. The molecular weight excluding hydrogens is 302 g/mol. The highest BCUT2D eigenvalue weighted by molar-refractivity contribution is 5.82. The zero-order valence-electron chi connectivity index (χ0n) is 12.3. The zero-order valence-corrected chi connectivity index (χ0v) is 12.3. The Balaban J connectivity index is 2.44. The molecule has 9 heteroatoms. The number of nitro groups is 1. The van der Waals surface area contributed by atoms with Gasteiger partial charge in [0.1, 0.15) is 6.04 Å². The van der Waals surface area contributed by atoms with Crippen molar-refractivity contribution in [2.24, 2.45) is 5.73 Å². The first kappa shape index (κ1) is 16.8. The van der Waals surface area contributed by atoms with Crippen molar-refractivity contribution in [2.45, 2.75) is 18.0 Å². The molecule has 1 aromatic rings. The minimum atomic E-state index is -1.07. The summed E-state index contributed by atoms with van der Waals surface area (Å²) in [4.78, 5) is 22.3. The van der Waals surface area contributed by atoms with E-state index in [1.165, 1.54) is 18.2 Å². The number of carbonyl (C=O) groups is 1. The van der Waals surface area contributed by atoms with Crippen molar-refractivity contribution in [3.63, 3.8) is 0 Å². The number of benzene rings is 1. The van der Waals surface area contributed by atoms with Gasteiger partial charge in [0, 0.05) is 18.7 Å². The number of hydrogen-bond donors (Lipinski definition) is 4. The Kier molecular flexibility index (Phi) is 4.90. The van der Waals surface area contributed by atoms with Crippen LogP contribution in [-0.4, -0.2) is 41.7 Å². The van der Waals surface area contributed by atoms with Gasteiger partial charge < -0.3 is 21.5 Å². The summed E-state index contributed by atoms with van der Waals surface area (Å²) in [5.41, 5.74) is 5.07. The number of aliphatic hydroxyl groups is 1. The Bertz CT molecular complexity index is 664. The average Bonchev–Trinajstić information content (AvgIpc) is 3.02. The predicted octanol–water partition coefficient (Wildman–Crippen LogP) is -0.909. The van der Waals surface area contributed by atoms with Gasteiger partial charge in [-0.3, -0.25) is 14.9 Å². The molecule has 1 fully saturated rings. The standard InChI is InChI=1S/C14H17N5O4/c15-6-9-5-10(19(22)23)1-2-11(9)14(3-4-17-8-14)18-13(21)12(16)7-20/h1-2,5,12,17,20H,3-4,7-8,16H2,(H,18,21)/t12-,14+/m0/s1. The molecule has 0 aromatic heterocycles. The van der Waals surface area contributed by atoms with E-state index in [1.54, 1.807) is 0 Å². The maximum absolute atomic E-state index is 12.1. The average molecular weight is 319 g/mol. The van der Waals surface area contributed by atoms with Crippen LogP contribution in [0, 0.1) is 21.4 Å². The molecule has 23 heavy (non-hydrogen) atoms. The quantitative estimate of drug-likeness (QED) is 0.404. The van der Waals surface area contributed by atoms with Crippen LogP contribution in [0.2, 0.25) is 0 Å². The van der Waals surface area contributed by atoms with E-state index in [4.69, 9.17) is 10.8 Å². The van der Waals surface area contributed by atoms with Crippen LogP contribution in [0.25, 0.3) is 0 Å². The van der Waals surface area contributed by atoms with Crippen molar-refractivity contribution in [2.75, 3.05) is 19.7 Å². The summed E-state index contributed by atoms with van der Waals surface area (Å²) < 4.78 is 0. The molecule has 1 aliphatic rings. The van der Waals surface area contributed by atoms with Gasteiger partial charge in [-0.05, 0) is 24.6 Å². The lowest BCUT2D eigenvalue weighted by molar-refractivity contribution is -0.384. The lowest BCUT2D eigenvalue weighted by atomic mass is 9.85. The maximum atomic E-state index is 12.1. The van der Waals surface area contributed by atoms with Crippen LogP contribution in [0.3, 0.4) is 0 Å². The fraction of sp³-hybridized carbons (Fsp3) is 0.429. The van der Waals surface area contributed by atoms with Crippen LogP contribution < -0.4 is 16.4 Å². The van der Waals surface area contributed by atoms with Crippen molar-refractivity contribution in [3.8, 4) is 6.07 Å². The first-order chi connectivity index (χ1) is 10.9. The predicted molar refractivity (Wildman–Crippen MR) is 80.2 cm³/mol. The molecule has 0 spiro atoms. The molecule has 0 saturated carbocycles. The van der Waals surface area contributed by atoms with Gasteiger partial charge in [0.2, 0.25) is 5.91 Å². The van der Waals surface area contributed by atoms with E-state index in [1.807, 2.05) is 6.07 Å². The minimum absolute atomic E-state index is 0.126. The van der Waals surface area contributed by atoms with Gasteiger partial charge in [-0.2, -0.15) is 5.26 Å². The molecule has 0 aliphatic carbocycles. The number of nitrogens with zero attached hydrogens (tertiary/aromatic N) is 2. The fourth-order valence-corrected chi connectivity index (χ4v) is 2.66. The van der Waals surface area contributed by atoms with E-state index < -0.39 is 29.0 Å². The summed E-state index contributed by atoms with van der Waals surface area (Å²) >= 11 is 0. The number of nitro benzene ring substituents is 1. The molecular formula is C14H17N5O4. The summed E-state index contributed by atoms with van der Waals surface area (Å²) in [6, 6.07) is 4.84. The van der Waals surface area contributed by atoms with E-state index >= 15 is 0 Å². The lowest BCUT2D eigenvalue weighted by Crippen LogP contribution is -2.54. The second-order valence-corrected chi connectivity index (χ2v) is 5.39. The highest BCUT2D eigenvalue weighted by atomic mass is 16.6. The minimum Gasteiger partial charge on any atom is -0.394 e. The van der Waals surface area contributed by atoms with Gasteiger partial charge in [-0.1, -0.05) is 0 Å². The summed E-state index contributed by atoms with van der Waals surface area (Å²) in [6.45, 7) is 0.473. The Labute approximate surface area is 132 Å². The summed E-state index contributed by atoms with van der Waals surface area (Å²) in [5, 5.41) is 35.1. The number of nitrogens with two attached hydrogens (primary N) is 1. The number of nitriles is 1. The van der Waals surface area contributed by atoms with Crippen molar-refractivity contribution < 1.29 is 14.8 Å². The monoisotopic (exact) mass is 319 g/mol. The molecule has 1 heterocycles. The van der Waals surface area contributed by atoms with Gasteiger partial charge >= 0.3 is 0 Å². The maximum Gasteiger partial charge on any atom is 0.270 e. The van der Waals surface area contributed by atoms with Gasteiger partial charge in [0.05, 0.1) is 28.7 Å². The molecule has 1 amide bonds. The Morgan fingerprint density at radius 2 is 2.39 bits per heavy atom. The molecule has 2 atom stereocenters. The van der Waals surface area contributed by atoms with Crippen LogP contribution in [-0.2, 0) is 10.3 Å². The second kappa shape index (κ2) is 6.70. The first-order valence-electron chi connectivity index (χ1n) is 7.02. The Morgan fingerprint density at radius 3 is 2.91 bits per heavy atom. The zero-order chi connectivity index (χ0) is 17.0. The Hall–Kier alpha value is -2.54. The molecule has 5 N–H and O–H groups in total. The smallest absolute Gasteiger partial charge is 0.270 e. The van der Waals surface area contributed by atoms with Crippen molar-refractivity contribution in [1.82, 2.24) is 10.6 Å². The van der Waals surface area contributed by atoms with E-state index in [9.17, 15) is 20.2 Å². The number of aliphatic hydroxyl groups excluding tert-OH is 1. The number of amides is 1.